The molecule has 28 heavy (non-hydrogen) atoms. The zero-order valence-corrected chi connectivity index (χ0v) is 17.4. The predicted molar refractivity (Wildman–Crippen MR) is 103 cm³/mol. The molecule has 0 aliphatic carbocycles. The second-order valence-corrected chi connectivity index (χ2v) is 9.07. The van der Waals surface area contributed by atoms with E-state index in [9.17, 15) is 21.6 Å². The first kappa shape index (κ1) is 21.0. The SMILES string of the molecule is COc1cc(C(I)CNS(=O)(=O)c2ccc(C(F)(F)F)cc2)cc2c1OCO2. The number of halogens is 4. The van der Waals surface area contributed by atoms with Crippen LogP contribution in [0.1, 0.15) is 15.1 Å². The summed E-state index contributed by atoms with van der Waals surface area (Å²) in [6, 6.07) is 6.77. The molecular formula is C17H15F3INO5S. The van der Waals surface area contributed by atoms with Crippen molar-refractivity contribution in [2.75, 3.05) is 20.4 Å². The number of nitrogens with one attached hydrogen (secondary N) is 1. The maximum atomic E-state index is 12.6. The van der Waals surface area contributed by atoms with Gasteiger partial charge < -0.3 is 14.2 Å². The number of methoxy groups -OCH3 is 1. The number of benzene rings is 2. The van der Waals surface area contributed by atoms with Crippen molar-refractivity contribution < 1.29 is 35.8 Å². The van der Waals surface area contributed by atoms with Crippen LogP contribution >= 0.6 is 22.6 Å². The Morgan fingerprint density at radius 3 is 2.50 bits per heavy atom. The Morgan fingerprint density at radius 2 is 1.89 bits per heavy atom. The number of alkyl halides is 4. The van der Waals surface area contributed by atoms with Crippen molar-refractivity contribution in [1.82, 2.24) is 4.72 Å². The van der Waals surface area contributed by atoms with Crippen LogP contribution in [0.5, 0.6) is 17.2 Å². The second-order valence-electron chi connectivity index (χ2n) is 5.80. The number of sulfonamides is 1. The molecule has 1 aliphatic heterocycles. The molecule has 3 rings (SSSR count). The van der Waals surface area contributed by atoms with Gasteiger partial charge in [0, 0.05) is 10.5 Å². The van der Waals surface area contributed by atoms with Crippen molar-refractivity contribution in [3.63, 3.8) is 0 Å². The fourth-order valence-corrected chi connectivity index (χ4v) is 4.46. The Labute approximate surface area is 173 Å². The van der Waals surface area contributed by atoms with Crippen LogP contribution in [-0.2, 0) is 16.2 Å². The molecule has 0 amide bonds. The minimum Gasteiger partial charge on any atom is -0.493 e. The van der Waals surface area contributed by atoms with Gasteiger partial charge in [0.25, 0.3) is 0 Å². The lowest BCUT2D eigenvalue weighted by Crippen LogP contribution is -2.27. The monoisotopic (exact) mass is 529 g/mol. The maximum absolute atomic E-state index is 12.6. The number of fused-ring (bicyclic) bond motifs is 1. The molecular weight excluding hydrogens is 514 g/mol. The van der Waals surface area contributed by atoms with E-state index in [2.05, 4.69) is 27.3 Å². The van der Waals surface area contributed by atoms with Gasteiger partial charge in [-0.1, -0.05) is 22.6 Å². The molecule has 2 aromatic rings. The topological polar surface area (TPSA) is 73.9 Å². The van der Waals surface area contributed by atoms with Gasteiger partial charge in [0.05, 0.1) is 17.6 Å². The predicted octanol–water partition coefficient (Wildman–Crippen LogP) is 3.90. The van der Waals surface area contributed by atoms with Gasteiger partial charge >= 0.3 is 6.18 Å². The molecule has 0 fully saturated rings. The highest BCUT2D eigenvalue weighted by Crippen LogP contribution is 2.44. The largest absolute Gasteiger partial charge is 0.493 e. The Hall–Kier alpha value is -1.73. The third-order valence-corrected chi connectivity index (χ3v) is 6.59. The van der Waals surface area contributed by atoms with Gasteiger partial charge in [-0.25, -0.2) is 13.1 Å². The van der Waals surface area contributed by atoms with E-state index in [1.807, 2.05) is 0 Å². The summed E-state index contributed by atoms with van der Waals surface area (Å²) in [6.45, 7) is 0.0916. The highest BCUT2D eigenvalue weighted by molar-refractivity contribution is 14.1. The van der Waals surface area contributed by atoms with E-state index in [0.717, 1.165) is 29.8 Å². The van der Waals surface area contributed by atoms with Crippen molar-refractivity contribution in [1.29, 1.82) is 0 Å². The summed E-state index contributed by atoms with van der Waals surface area (Å²) in [7, 11) is -2.48. The average Bonchev–Trinajstić information content (AvgIpc) is 3.13. The van der Waals surface area contributed by atoms with Gasteiger partial charge in [0.15, 0.2) is 11.5 Å². The van der Waals surface area contributed by atoms with Crippen LogP contribution in [-0.4, -0.2) is 28.9 Å². The lowest BCUT2D eigenvalue weighted by atomic mass is 10.1. The van der Waals surface area contributed by atoms with Crippen molar-refractivity contribution in [2.24, 2.45) is 0 Å². The van der Waals surface area contributed by atoms with Crippen LogP contribution in [0, 0.1) is 0 Å². The van der Waals surface area contributed by atoms with E-state index in [0.29, 0.717) is 17.2 Å². The quantitative estimate of drug-likeness (QED) is 0.454. The fraction of sp³-hybridized carbons (Fsp3) is 0.294. The van der Waals surface area contributed by atoms with Gasteiger partial charge in [-0.3, -0.25) is 0 Å². The van der Waals surface area contributed by atoms with Crippen LogP contribution in [0.3, 0.4) is 0 Å². The van der Waals surface area contributed by atoms with E-state index in [-0.39, 0.29) is 22.2 Å². The normalized spacial score (nSPS) is 14.8. The number of ether oxygens (including phenoxy) is 3. The Morgan fingerprint density at radius 1 is 1.21 bits per heavy atom. The Kier molecular flexibility index (Phi) is 5.96. The first-order valence-corrected chi connectivity index (χ1v) is 10.6. The molecule has 152 valence electrons. The van der Waals surface area contributed by atoms with Crippen molar-refractivity contribution >= 4 is 32.6 Å². The lowest BCUT2D eigenvalue weighted by Gasteiger charge is -2.15. The molecule has 11 heteroatoms. The summed E-state index contributed by atoms with van der Waals surface area (Å²) >= 11 is 2.05. The zero-order valence-electron chi connectivity index (χ0n) is 14.4. The van der Waals surface area contributed by atoms with E-state index in [1.54, 1.807) is 12.1 Å². The summed E-state index contributed by atoms with van der Waals surface area (Å²) in [5, 5.41) is 0. The molecule has 1 aliphatic rings. The molecule has 6 nitrogen and oxygen atoms in total. The van der Waals surface area contributed by atoms with E-state index >= 15 is 0 Å². The summed E-state index contributed by atoms with van der Waals surface area (Å²) in [5.74, 6) is 1.46. The first-order valence-electron chi connectivity index (χ1n) is 7.90. The highest BCUT2D eigenvalue weighted by Gasteiger charge is 2.30. The van der Waals surface area contributed by atoms with Crippen LogP contribution in [0.4, 0.5) is 13.2 Å². The summed E-state index contributed by atoms with van der Waals surface area (Å²) in [5.41, 5.74) is -0.164. The molecule has 1 atom stereocenters. The van der Waals surface area contributed by atoms with Gasteiger partial charge in [0.1, 0.15) is 0 Å². The van der Waals surface area contributed by atoms with Crippen LogP contribution in [0.15, 0.2) is 41.3 Å². The van der Waals surface area contributed by atoms with Crippen LogP contribution in [0.25, 0.3) is 0 Å². The number of hydrogen-bond donors (Lipinski definition) is 1. The lowest BCUT2D eigenvalue weighted by molar-refractivity contribution is -0.137. The van der Waals surface area contributed by atoms with Gasteiger partial charge in [-0.15, -0.1) is 0 Å². The van der Waals surface area contributed by atoms with E-state index in [1.165, 1.54) is 7.11 Å². The third kappa shape index (κ3) is 4.46. The fourth-order valence-electron chi connectivity index (χ4n) is 2.54. The minimum absolute atomic E-state index is 0.0205. The first-order chi connectivity index (χ1) is 13.1. The molecule has 0 saturated heterocycles. The third-order valence-electron chi connectivity index (χ3n) is 3.99. The Balaban J connectivity index is 1.72. The Bertz CT molecular complexity index is 964. The van der Waals surface area contributed by atoms with Gasteiger partial charge in [-0.2, -0.15) is 13.2 Å². The molecule has 0 aromatic heterocycles. The number of hydrogen-bond acceptors (Lipinski definition) is 5. The van der Waals surface area contributed by atoms with Crippen molar-refractivity contribution in [2.45, 2.75) is 15.0 Å². The molecule has 0 radical (unpaired) electrons. The van der Waals surface area contributed by atoms with E-state index < -0.39 is 21.8 Å². The molecule has 0 bridgehead atoms. The maximum Gasteiger partial charge on any atom is 0.416 e. The molecule has 0 spiro atoms. The summed E-state index contributed by atoms with van der Waals surface area (Å²) in [6.07, 6.45) is -4.53. The van der Waals surface area contributed by atoms with Gasteiger partial charge in [0.2, 0.25) is 22.6 Å². The van der Waals surface area contributed by atoms with Crippen LogP contribution < -0.4 is 18.9 Å². The number of rotatable bonds is 6. The summed E-state index contributed by atoms with van der Waals surface area (Å²) in [4.78, 5) is -0.243. The molecule has 2 aromatic carbocycles. The van der Waals surface area contributed by atoms with Crippen molar-refractivity contribution in [3.8, 4) is 17.2 Å². The molecule has 0 saturated carbocycles. The van der Waals surface area contributed by atoms with Gasteiger partial charge in [-0.05, 0) is 42.0 Å². The van der Waals surface area contributed by atoms with Crippen molar-refractivity contribution in [3.05, 3.63) is 47.5 Å². The minimum atomic E-state index is -4.53. The zero-order chi connectivity index (χ0) is 20.5. The smallest absolute Gasteiger partial charge is 0.416 e. The second kappa shape index (κ2) is 7.95. The molecule has 1 N–H and O–H groups in total. The van der Waals surface area contributed by atoms with Crippen LogP contribution in [0.2, 0.25) is 0 Å². The average molecular weight is 529 g/mol. The molecule has 1 unspecified atom stereocenters. The summed E-state index contributed by atoms with van der Waals surface area (Å²) < 4.78 is 80.7. The van der Waals surface area contributed by atoms with E-state index in [4.69, 9.17) is 14.2 Å². The highest BCUT2D eigenvalue weighted by atomic mass is 127. The molecule has 1 heterocycles. The standard InChI is InChI=1S/C17H15F3INO5S/c1-25-14-6-10(7-15-16(14)27-9-26-15)13(21)8-22-28(23,24)12-4-2-11(3-5-12)17(18,19)20/h2-7,13,22H,8-9H2,1H3.